The van der Waals surface area contributed by atoms with Crippen molar-refractivity contribution in [2.24, 2.45) is 5.73 Å². The molecule has 0 aliphatic heterocycles. The number of nitrogens with one attached hydrogen (secondary N) is 2. The predicted molar refractivity (Wildman–Crippen MR) is 101 cm³/mol. The van der Waals surface area contributed by atoms with Crippen molar-refractivity contribution < 1.29 is 14.3 Å². The molecule has 0 saturated heterocycles. The Balaban J connectivity index is 0.00000312. The van der Waals surface area contributed by atoms with Gasteiger partial charge in [-0.1, -0.05) is 12.1 Å². The van der Waals surface area contributed by atoms with E-state index in [0.29, 0.717) is 23.5 Å². The lowest BCUT2D eigenvalue weighted by Gasteiger charge is -2.11. The van der Waals surface area contributed by atoms with E-state index in [0.717, 1.165) is 11.1 Å². The number of methoxy groups -OCH3 is 1. The topological polar surface area (TPSA) is 93.5 Å². The van der Waals surface area contributed by atoms with E-state index in [2.05, 4.69) is 10.6 Å². The minimum atomic E-state index is -0.226. The van der Waals surface area contributed by atoms with E-state index in [1.807, 2.05) is 13.0 Å². The molecule has 0 unspecified atom stereocenters. The number of hydrogen-bond acceptors (Lipinski definition) is 4. The van der Waals surface area contributed by atoms with Crippen LogP contribution in [0.1, 0.15) is 21.5 Å². The zero-order chi connectivity index (χ0) is 17.5. The van der Waals surface area contributed by atoms with Crippen LogP contribution in [0.3, 0.4) is 0 Å². The van der Waals surface area contributed by atoms with Gasteiger partial charge in [0.15, 0.2) is 0 Å². The third kappa shape index (κ3) is 5.86. The van der Waals surface area contributed by atoms with E-state index < -0.39 is 0 Å². The van der Waals surface area contributed by atoms with Gasteiger partial charge in [-0.3, -0.25) is 9.59 Å². The molecule has 0 spiro atoms. The van der Waals surface area contributed by atoms with Crippen molar-refractivity contribution in [2.75, 3.05) is 24.4 Å². The van der Waals surface area contributed by atoms with E-state index in [1.165, 1.54) is 7.11 Å². The maximum Gasteiger partial charge on any atom is 0.255 e. The molecule has 0 atom stereocenters. The minimum absolute atomic E-state index is 0. The fourth-order valence-electron chi connectivity index (χ4n) is 2.24. The molecule has 0 aliphatic carbocycles. The van der Waals surface area contributed by atoms with Gasteiger partial charge in [-0.05, 0) is 48.4 Å². The fraction of sp³-hybridized carbons (Fsp3) is 0.222. The summed E-state index contributed by atoms with van der Waals surface area (Å²) in [4.78, 5) is 23.9. The average molecular weight is 364 g/mol. The molecule has 0 heterocycles. The SMILES string of the molecule is COCC(=O)Nc1ccc(NC(=O)c2cccc(CN)c2)cc1C.Cl. The van der Waals surface area contributed by atoms with Gasteiger partial charge >= 0.3 is 0 Å². The number of hydrogen-bond donors (Lipinski definition) is 3. The first-order chi connectivity index (χ1) is 11.5. The van der Waals surface area contributed by atoms with Crippen LogP contribution in [-0.4, -0.2) is 25.5 Å². The normalized spacial score (nSPS) is 9.88. The molecular weight excluding hydrogens is 342 g/mol. The van der Waals surface area contributed by atoms with Gasteiger partial charge in [-0.25, -0.2) is 0 Å². The van der Waals surface area contributed by atoms with E-state index >= 15 is 0 Å². The summed E-state index contributed by atoms with van der Waals surface area (Å²) in [6, 6.07) is 12.5. The highest BCUT2D eigenvalue weighted by atomic mass is 35.5. The number of benzene rings is 2. The van der Waals surface area contributed by atoms with Crippen molar-refractivity contribution in [3.8, 4) is 0 Å². The number of aryl methyl sites for hydroxylation is 1. The lowest BCUT2D eigenvalue weighted by molar-refractivity contribution is -0.119. The van der Waals surface area contributed by atoms with Crippen molar-refractivity contribution >= 4 is 35.6 Å². The van der Waals surface area contributed by atoms with Crippen LogP contribution in [0.4, 0.5) is 11.4 Å². The Hall–Kier alpha value is -2.41. The molecule has 25 heavy (non-hydrogen) atoms. The zero-order valence-electron chi connectivity index (χ0n) is 14.2. The summed E-state index contributed by atoms with van der Waals surface area (Å²) < 4.78 is 4.78. The van der Waals surface area contributed by atoms with Crippen LogP contribution in [0.2, 0.25) is 0 Å². The van der Waals surface area contributed by atoms with Crippen LogP contribution < -0.4 is 16.4 Å². The van der Waals surface area contributed by atoms with Gasteiger partial charge in [0.25, 0.3) is 5.91 Å². The summed E-state index contributed by atoms with van der Waals surface area (Å²) in [5.41, 5.74) is 9.22. The molecule has 7 heteroatoms. The van der Waals surface area contributed by atoms with Gasteiger partial charge in [-0.15, -0.1) is 12.4 Å². The van der Waals surface area contributed by atoms with Crippen molar-refractivity contribution in [3.63, 3.8) is 0 Å². The van der Waals surface area contributed by atoms with Crippen LogP contribution in [0.5, 0.6) is 0 Å². The number of rotatable bonds is 6. The second kappa shape index (κ2) is 9.78. The summed E-state index contributed by atoms with van der Waals surface area (Å²) in [6.07, 6.45) is 0. The lowest BCUT2D eigenvalue weighted by atomic mass is 10.1. The monoisotopic (exact) mass is 363 g/mol. The van der Waals surface area contributed by atoms with E-state index in [9.17, 15) is 9.59 Å². The standard InChI is InChI=1S/C18H21N3O3.ClH/c1-12-8-15(6-7-16(12)21-17(22)11-24-2)20-18(23)14-5-3-4-13(9-14)10-19;/h3-9H,10-11,19H2,1-2H3,(H,20,23)(H,21,22);1H. The summed E-state index contributed by atoms with van der Waals surface area (Å²) in [6.45, 7) is 2.23. The molecule has 6 nitrogen and oxygen atoms in total. The number of halogens is 1. The molecule has 2 aromatic rings. The summed E-state index contributed by atoms with van der Waals surface area (Å²) >= 11 is 0. The van der Waals surface area contributed by atoms with Crippen LogP contribution >= 0.6 is 12.4 Å². The second-order valence-corrected chi connectivity index (χ2v) is 5.37. The Bertz CT molecular complexity index is 750. The molecule has 2 aromatic carbocycles. The number of ether oxygens (including phenoxy) is 1. The first-order valence-electron chi connectivity index (χ1n) is 7.53. The van der Waals surface area contributed by atoms with Crippen LogP contribution in [0.25, 0.3) is 0 Å². The summed E-state index contributed by atoms with van der Waals surface area (Å²) in [7, 11) is 1.46. The molecule has 0 aromatic heterocycles. The van der Waals surface area contributed by atoms with Crippen molar-refractivity contribution in [3.05, 3.63) is 59.2 Å². The van der Waals surface area contributed by atoms with Gasteiger partial charge in [0.1, 0.15) is 6.61 Å². The Labute approximate surface area is 153 Å². The molecule has 134 valence electrons. The molecule has 0 saturated carbocycles. The number of carbonyl (C=O) groups is 2. The largest absolute Gasteiger partial charge is 0.375 e. The highest BCUT2D eigenvalue weighted by Gasteiger charge is 2.09. The number of carbonyl (C=O) groups excluding carboxylic acids is 2. The Morgan fingerprint density at radius 2 is 1.88 bits per heavy atom. The molecular formula is C18H22ClN3O3. The van der Waals surface area contributed by atoms with Gasteiger partial charge in [0.2, 0.25) is 5.91 Å². The molecule has 4 N–H and O–H groups in total. The molecule has 0 bridgehead atoms. The van der Waals surface area contributed by atoms with E-state index in [1.54, 1.807) is 36.4 Å². The average Bonchev–Trinajstić information content (AvgIpc) is 2.57. The zero-order valence-corrected chi connectivity index (χ0v) is 15.0. The Morgan fingerprint density at radius 3 is 2.52 bits per heavy atom. The molecule has 0 fully saturated rings. The Kier molecular flexibility index (Phi) is 8.07. The van der Waals surface area contributed by atoms with E-state index in [4.69, 9.17) is 10.5 Å². The highest BCUT2D eigenvalue weighted by molar-refractivity contribution is 6.04. The first-order valence-corrected chi connectivity index (χ1v) is 7.53. The maximum atomic E-state index is 12.3. The van der Waals surface area contributed by atoms with Gasteiger partial charge in [0.05, 0.1) is 0 Å². The van der Waals surface area contributed by atoms with Crippen LogP contribution in [0.15, 0.2) is 42.5 Å². The smallest absolute Gasteiger partial charge is 0.255 e. The maximum absolute atomic E-state index is 12.3. The number of amides is 2. The number of anilines is 2. The van der Waals surface area contributed by atoms with Crippen LogP contribution in [-0.2, 0) is 16.1 Å². The third-order valence-corrected chi connectivity index (χ3v) is 3.46. The predicted octanol–water partition coefficient (Wildman–Crippen LogP) is 2.71. The van der Waals surface area contributed by atoms with Gasteiger partial charge < -0.3 is 21.1 Å². The van der Waals surface area contributed by atoms with Crippen molar-refractivity contribution in [1.29, 1.82) is 0 Å². The lowest BCUT2D eigenvalue weighted by Crippen LogP contribution is -2.18. The molecule has 2 rings (SSSR count). The second-order valence-electron chi connectivity index (χ2n) is 5.37. The molecule has 0 radical (unpaired) electrons. The van der Waals surface area contributed by atoms with Crippen molar-refractivity contribution in [2.45, 2.75) is 13.5 Å². The highest BCUT2D eigenvalue weighted by Crippen LogP contribution is 2.20. The Morgan fingerprint density at radius 1 is 1.12 bits per heavy atom. The summed E-state index contributed by atoms with van der Waals surface area (Å²) in [5.74, 6) is -0.433. The summed E-state index contributed by atoms with van der Waals surface area (Å²) in [5, 5.41) is 5.59. The van der Waals surface area contributed by atoms with Crippen molar-refractivity contribution in [1.82, 2.24) is 0 Å². The quantitative estimate of drug-likeness (QED) is 0.735. The third-order valence-electron chi connectivity index (χ3n) is 3.46. The fourth-order valence-corrected chi connectivity index (χ4v) is 2.24. The number of nitrogens with two attached hydrogens (primary N) is 1. The molecule has 0 aliphatic rings. The minimum Gasteiger partial charge on any atom is -0.375 e. The van der Waals surface area contributed by atoms with Gasteiger partial charge in [0, 0.05) is 30.6 Å². The molecule has 2 amide bonds. The van der Waals surface area contributed by atoms with Crippen LogP contribution in [0, 0.1) is 6.92 Å². The van der Waals surface area contributed by atoms with E-state index in [-0.39, 0.29) is 30.8 Å². The first kappa shape index (κ1) is 20.6. The van der Waals surface area contributed by atoms with Gasteiger partial charge in [-0.2, -0.15) is 0 Å².